The third-order valence-corrected chi connectivity index (χ3v) is 4.29. The van der Waals surface area contributed by atoms with Crippen molar-refractivity contribution in [3.8, 4) is 0 Å². The molecule has 138 valence electrons. The van der Waals surface area contributed by atoms with Gasteiger partial charge in [0.2, 0.25) is 5.91 Å². The lowest BCUT2D eigenvalue weighted by Crippen LogP contribution is -2.51. The molecule has 0 saturated heterocycles. The summed E-state index contributed by atoms with van der Waals surface area (Å²) >= 11 is 0. The number of anilines is 1. The number of fused-ring (bicyclic) bond motifs is 1. The molecule has 9 nitrogen and oxygen atoms in total. The first-order valence-electron chi connectivity index (χ1n) is 8.11. The average Bonchev–Trinajstić information content (AvgIpc) is 3.05. The summed E-state index contributed by atoms with van der Waals surface area (Å²) in [6, 6.07) is 6.93. The fourth-order valence-corrected chi connectivity index (χ4v) is 3.04. The monoisotopic (exact) mass is 360 g/mol. The second kappa shape index (κ2) is 7.24. The zero-order valence-corrected chi connectivity index (χ0v) is 14.0. The van der Waals surface area contributed by atoms with Gasteiger partial charge >= 0.3 is 0 Å². The third kappa shape index (κ3) is 3.32. The summed E-state index contributed by atoms with van der Waals surface area (Å²) in [6.45, 7) is 0.807. The Balaban J connectivity index is 1.95. The molecule has 1 aliphatic heterocycles. The number of carbonyl (C=O) groups excluding carboxylic acids is 2. The Morgan fingerprint density at radius 3 is 2.50 bits per heavy atom. The molecule has 1 aromatic carbocycles. The van der Waals surface area contributed by atoms with E-state index in [4.69, 9.17) is 0 Å². The van der Waals surface area contributed by atoms with Crippen LogP contribution in [0.15, 0.2) is 36.5 Å². The quantitative estimate of drug-likeness (QED) is 0.502. The summed E-state index contributed by atoms with van der Waals surface area (Å²) in [5, 5.41) is 35.3. The minimum Gasteiger partial charge on any atom is -0.394 e. The minimum absolute atomic E-state index is 0.0407. The molecule has 0 bridgehead atoms. The van der Waals surface area contributed by atoms with Crippen LogP contribution < -0.4 is 10.6 Å². The number of hydrogen-bond donors (Lipinski definition) is 5. The van der Waals surface area contributed by atoms with E-state index < -0.39 is 42.7 Å². The van der Waals surface area contributed by atoms with Crippen LogP contribution in [0.3, 0.4) is 0 Å². The average molecular weight is 360 g/mol. The SMILES string of the molecule is CC(=O)N[C@@H]1c2nc(C(=O)Nc3ccccc3)cn2C(CO)[C@@H](O)C1O. The van der Waals surface area contributed by atoms with Gasteiger partial charge in [-0.2, -0.15) is 0 Å². The molecule has 1 aliphatic rings. The van der Waals surface area contributed by atoms with Crippen LogP contribution in [0.2, 0.25) is 0 Å². The van der Waals surface area contributed by atoms with Crippen molar-refractivity contribution in [1.82, 2.24) is 14.9 Å². The second-order valence-electron chi connectivity index (χ2n) is 6.12. The molecule has 0 saturated carbocycles. The van der Waals surface area contributed by atoms with Gasteiger partial charge in [-0.3, -0.25) is 9.59 Å². The fraction of sp³-hybridized carbons (Fsp3) is 0.353. The maximum absolute atomic E-state index is 12.5. The van der Waals surface area contributed by atoms with E-state index in [9.17, 15) is 24.9 Å². The number of nitrogens with one attached hydrogen (secondary N) is 2. The highest BCUT2D eigenvalue weighted by atomic mass is 16.3. The molecule has 26 heavy (non-hydrogen) atoms. The number of aliphatic hydroxyl groups is 3. The van der Waals surface area contributed by atoms with Crippen LogP contribution in [0, 0.1) is 0 Å². The topological polar surface area (TPSA) is 137 Å². The predicted octanol–water partition coefficient (Wildman–Crippen LogP) is -0.419. The molecular formula is C17H20N4O5. The molecule has 2 unspecified atom stereocenters. The number of imidazole rings is 1. The number of carbonyl (C=O) groups is 2. The second-order valence-corrected chi connectivity index (χ2v) is 6.12. The van der Waals surface area contributed by atoms with Crippen molar-refractivity contribution in [1.29, 1.82) is 0 Å². The maximum Gasteiger partial charge on any atom is 0.275 e. The molecule has 5 N–H and O–H groups in total. The Hall–Kier alpha value is -2.75. The van der Waals surface area contributed by atoms with Gasteiger partial charge in [0.15, 0.2) is 0 Å². The largest absolute Gasteiger partial charge is 0.394 e. The van der Waals surface area contributed by atoms with Crippen molar-refractivity contribution in [2.24, 2.45) is 0 Å². The molecule has 0 aliphatic carbocycles. The normalized spacial score (nSPS) is 24.6. The standard InChI is InChI=1S/C17H20N4O5/c1-9(23)18-13-15(25)14(24)12(8-22)21-7-11(20-16(13)21)17(26)19-10-5-3-2-4-6-10/h2-7,12-15,22,24-25H,8H2,1H3,(H,18,23)(H,19,26)/t12?,13-,14+,15?/m0/s1. The molecule has 0 radical (unpaired) electrons. The van der Waals surface area contributed by atoms with Crippen LogP contribution in [0.1, 0.15) is 35.3 Å². The number of benzene rings is 1. The van der Waals surface area contributed by atoms with Crippen molar-refractivity contribution < 1.29 is 24.9 Å². The molecule has 0 spiro atoms. The highest BCUT2D eigenvalue weighted by Gasteiger charge is 2.43. The van der Waals surface area contributed by atoms with Crippen LogP contribution in [-0.2, 0) is 4.79 Å². The number of para-hydroxylation sites is 1. The van der Waals surface area contributed by atoms with E-state index in [1.807, 2.05) is 6.07 Å². The van der Waals surface area contributed by atoms with Crippen LogP contribution in [0.4, 0.5) is 5.69 Å². The zero-order valence-electron chi connectivity index (χ0n) is 14.0. The van der Waals surface area contributed by atoms with Gasteiger partial charge in [-0.25, -0.2) is 4.98 Å². The number of rotatable bonds is 4. The van der Waals surface area contributed by atoms with Crippen molar-refractivity contribution in [3.05, 3.63) is 48.0 Å². The lowest BCUT2D eigenvalue weighted by molar-refractivity contribution is -0.123. The van der Waals surface area contributed by atoms with Gasteiger partial charge in [0.25, 0.3) is 5.91 Å². The third-order valence-electron chi connectivity index (χ3n) is 4.29. The predicted molar refractivity (Wildman–Crippen MR) is 91.3 cm³/mol. The molecule has 2 aromatic rings. The van der Waals surface area contributed by atoms with Gasteiger partial charge in [0, 0.05) is 18.8 Å². The van der Waals surface area contributed by atoms with E-state index in [2.05, 4.69) is 15.6 Å². The number of nitrogens with zero attached hydrogens (tertiary/aromatic N) is 2. The van der Waals surface area contributed by atoms with E-state index in [0.29, 0.717) is 5.69 Å². The minimum atomic E-state index is -1.36. The van der Waals surface area contributed by atoms with Crippen molar-refractivity contribution in [2.75, 3.05) is 11.9 Å². The first kappa shape index (κ1) is 18.1. The molecule has 3 rings (SSSR count). The molecule has 2 amide bonds. The number of aliphatic hydroxyl groups excluding tert-OH is 3. The van der Waals surface area contributed by atoms with Gasteiger partial charge in [-0.1, -0.05) is 18.2 Å². The van der Waals surface area contributed by atoms with Crippen LogP contribution in [0.25, 0.3) is 0 Å². The molecule has 4 atom stereocenters. The Morgan fingerprint density at radius 2 is 1.88 bits per heavy atom. The molecule has 1 aromatic heterocycles. The molecular weight excluding hydrogens is 340 g/mol. The van der Waals surface area contributed by atoms with Crippen molar-refractivity contribution in [2.45, 2.75) is 31.2 Å². The van der Waals surface area contributed by atoms with E-state index >= 15 is 0 Å². The first-order valence-corrected chi connectivity index (χ1v) is 8.11. The summed E-state index contributed by atoms with van der Waals surface area (Å²) in [5.41, 5.74) is 0.625. The van der Waals surface area contributed by atoms with Crippen LogP contribution in [-0.4, -0.2) is 55.5 Å². The lowest BCUT2D eigenvalue weighted by atomic mass is 9.94. The molecule has 9 heteroatoms. The zero-order chi connectivity index (χ0) is 18.8. The van der Waals surface area contributed by atoms with Gasteiger partial charge in [0.1, 0.15) is 29.8 Å². The van der Waals surface area contributed by atoms with E-state index in [0.717, 1.165) is 0 Å². The van der Waals surface area contributed by atoms with Gasteiger partial charge in [0.05, 0.1) is 12.6 Å². The summed E-state index contributed by atoms with van der Waals surface area (Å²) in [6.07, 6.45) is -1.31. The van der Waals surface area contributed by atoms with Crippen molar-refractivity contribution >= 4 is 17.5 Å². The number of amides is 2. The highest BCUT2D eigenvalue weighted by Crippen LogP contribution is 2.32. The smallest absolute Gasteiger partial charge is 0.275 e. The summed E-state index contributed by atoms with van der Waals surface area (Å²) in [7, 11) is 0. The fourth-order valence-electron chi connectivity index (χ4n) is 3.04. The summed E-state index contributed by atoms with van der Waals surface area (Å²) < 4.78 is 1.41. The van der Waals surface area contributed by atoms with Gasteiger partial charge < -0.3 is 30.5 Å². The van der Waals surface area contributed by atoms with Crippen LogP contribution >= 0.6 is 0 Å². The molecule has 0 fully saturated rings. The first-order chi connectivity index (χ1) is 12.4. The van der Waals surface area contributed by atoms with Gasteiger partial charge in [-0.15, -0.1) is 0 Å². The highest BCUT2D eigenvalue weighted by molar-refractivity contribution is 6.02. The van der Waals surface area contributed by atoms with E-state index in [1.54, 1.807) is 24.3 Å². The number of hydrogen-bond acceptors (Lipinski definition) is 6. The summed E-state index contributed by atoms with van der Waals surface area (Å²) in [5.74, 6) is -0.718. The number of aromatic nitrogens is 2. The lowest BCUT2D eigenvalue weighted by Gasteiger charge is -2.37. The van der Waals surface area contributed by atoms with Gasteiger partial charge in [-0.05, 0) is 12.1 Å². The van der Waals surface area contributed by atoms with E-state index in [-0.39, 0.29) is 11.5 Å². The molecule has 2 heterocycles. The Labute approximate surface area is 149 Å². The summed E-state index contributed by atoms with van der Waals surface area (Å²) in [4.78, 5) is 28.1. The maximum atomic E-state index is 12.5. The van der Waals surface area contributed by atoms with Crippen LogP contribution in [0.5, 0.6) is 0 Å². The Kier molecular flexibility index (Phi) is 5.03. The Bertz CT molecular complexity index is 807. The van der Waals surface area contributed by atoms with Crippen molar-refractivity contribution in [3.63, 3.8) is 0 Å². The van der Waals surface area contributed by atoms with E-state index in [1.165, 1.54) is 17.7 Å². The Morgan fingerprint density at radius 1 is 1.19 bits per heavy atom.